The molecule has 1 aliphatic rings. The van der Waals surface area contributed by atoms with Crippen LogP contribution in [0, 0.1) is 11.8 Å². The lowest BCUT2D eigenvalue weighted by Crippen LogP contribution is -2.31. The van der Waals surface area contributed by atoms with Crippen LogP contribution in [0.4, 0.5) is 5.69 Å². The number of para-hydroxylation sites is 2. The Labute approximate surface area is 137 Å². The molecule has 5 heteroatoms. The molecule has 0 spiro atoms. The zero-order valence-electron chi connectivity index (χ0n) is 13.6. The summed E-state index contributed by atoms with van der Waals surface area (Å²) in [6.07, 6.45) is 4.62. The number of carboxylic acid groups (broad SMARTS) is 1. The average Bonchev–Trinajstić information content (AvgIpc) is 2.56. The van der Waals surface area contributed by atoms with Gasteiger partial charge in [0.15, 0.2) is 0 Å². The standard InChI is InChI=1S/C18H25NO4/c1-2-3-11-23-16-10-5-4-9-15(16)19-17(20)13-7-6-8-14(12-13)18(21)22/h4-5,9-10,13-14H,2-3,6-8,11-12H2,1H3,(H,19,20)(H,21,22). The summed E-state index contributed by atoms with van der Waals surface area (Å²) < 4.78 is 5.72. The number of carbonyl (C=O) groups is 2. The van der Waals surface area contributed by atoms with Gasteiger partial charge < -0.3 is 15.2 Å². The molecule has 126 valence electrons. The number of carboxylic acids is 1. The number of benzene rings is 1. The Morgan fingerprint density at radius 2 is 2.00 bits per heavy atom. The van der Waals surface area contributed by atoms with Gasteiger partial charge in [0, 0.05) is 5.92 Å². The Morgan fingerprint density at radius 3 is 2.74 bits per heavy atom. The molecule has 2 atom stereocenters. The maximum Gasteiger partial charge on any atom is 0.306 e. The highest BCUT2D eigenvalue weighted by atomic mass is 16.5. The van der Waals surface area contributed by atoms with Crippen LogP contribution in [0.5, 0.6) is 5.75 Å². The molecule has 1 saturated carbocycles. The monoisotopic (exact) mass is 319 g/mol. The van der Waals surface area contributed by atoms with Crippen LogP contribution in [-0.2, 0) is 9.59 Å². The van der Waals surface area contributed by atoms with Crippen LogP contribution >= 0.6 is 0 Å². The van der Waals surface area contributed by atoms with Crippen LogP contribution in [0.25, 0.3) is 0 Å². The van der Waals surface area contributed by atoms with Crippen molar-refractivity contribution in [1.29, 1.82) is 0 Å². The summed E-state index contributed by atoms with van der Waals surface area (Å²) >= 11 is 0. The van der Waals surface area contributed by atoms with Crippen molar-refractivity contribution in [2.24, 2.45) is 11.8 Å². The van der Waals surface area contributed by atoms with Crippen LogP contribution < -0.4 is 10.1 Å². The van der Waals surface area contributed by atoms with Crippen LogP contribution in [0.2, 0.25) is 0 Å². The van der Waals surface area contributed by atoms with E-state index in [0.717, 1.165) is 25.7 Å². The Kier molecular flexibility index (Phi) is 6.44. The number of nitrogens with one attached hydrogen (secondary N) is 1. The second kappa shape index (κ2) is 8.56. The molecule has 0 radical (unpaired) electrons. The summed E-state index contributed by atoms with van der Waals surface area (Å²) in [6.45, 7) is 2.72. The zero-order valence-corrected chi connectivity index (χ0v) is 13.6. The normalized spacial score (nSPS) is 20.7. The average molecular weight is 319 g/mol. The van der Waals surface area contributed by atoms with Gasteiger partial charge in [0.05, 0.1) is 18.2 Å². The Bertz CT molecular complexity index is 544. The van der Waals surface area contributed by atoms with Crippen molar-refractivity contribution in [3.63, 3.8) is 0 Å². The van der Waals surface area contributed by atoms with Gasteiger partial charge in [-0.1, -0.05) is 31.9 Å². The highest BCUT2D eigenvalue weighted by molar-refractivity contribution is 5.94. The number of carbonyl (C=O) groups excluding carboxylic acids is 1. The number of anilines is 1. The first-order chi connectivity index (χ1) is 11.1. The molecule has 1 aromatic carbocycles. The van der Waals surface area contributed by atoms with Crippen molar-refractivity contribution in [1.82, 2.24) is 0 Å². The lowest BCUT2D eigenvalue weighted by molar-refractivity contribution is -0.143. The van der Waals surface area contributed by atoms with E-state index < -0.39 is 11.9 Å². The maximum atomic E-state index is 12.5. The van der Waals surface area contributed by atoms with E-state index in [1.165, 1.54) is 0 Å². The summed E-state index contributed by atoms with van der Waals surface area (Å²) in [7, 11) is 0. The SMILES string of the molecule is CCCCOc1ccccc1NC(=O)C1CCCC(C(=O)O)C1. The third-order valence-corrected chi connectivity index (χ3v) is 4.29. The Hall–Kier alpha value is -2.04. The van der Waals surface area contributed by atoms with E-state index in [0.29, 0.717) is 30.9 Å². The number of hydrogen-bond donors (Lipinski definition) is 2. The topological polar surface area (TPSA) is 75.6 Å². The summed E-state index contributed by atoms with van der Waals surface area (Å²) in [5, 5.41) is 12.1. The smallest absolute Gasteiger partial charge is 0.306 e. The zero-order chi connectivity index (χ0) is 16.7. The molecular formula is C18H25NO4. The number of amides is 1. The van der Waals surface area contributed by atoms with Crippen molar-refractivity contribution in [3.05, 3.63) is 24.3 Å². The summed E-state index contributed by atoms with van der Waals surface area (Å²) in [5.74, 6) is -0.891. The first-order valence-corrected chi connectivity index (χ1v) is 8.37. The minimum absolute atomic E-state index is 0.109. The number of ether oxygens (including phenoxy) is 1. The fourth-order valence-electron chi connectivity index (χ4n) is 2.91. The molecule has 1 aliphatic carbocycles. The third kappa shape index (κ3) is 4.98. The van der Waals surface area contributed by atoms with Crippen LogP contribution in [0.1, 0.15) is 45.4 Å². The van der Waals surface area contributed by atoms with Crippen molar-refractivity contribution < 1.29 is 19.4 Å². The van der Waals surface area contributed by atoms with Gasteiger partial charge in [0.1, 0.15) is 5.75 Å². The fourth-order valence-corrected chi connectivity index (χ4v) is 2.91. The van der Waals surface area contributed by atoms with Crippen molar-refractivity contribution in [2.45, 2.75) is 45.4 Å². The number of aliphatic carboxylic acids is 1. The fraction of sp³-hybridized carbons (Fsp3) is 0.556. The van der Waals surface area contributed by atoms with Crippen LogP contribution in [0.3, 0.4) is 0 Å². The highest BCUT2D eigenvalue weighted by Crippen LogP contribution is 2.31. The van der Waals surface area contributed by atoms with Gasteiger partial charge in [-0.25, -0.2) is 0 Å². The van der Waals surface area contributed by atoms with Crippen molar-refractivity contribution in [2.75, 3.05) is 11.9 Å². The Balaban J connectivity index is 1.98. The van der Waals surface area contributed by atoms with Gasteiger partial charge in [-0.05, 0) is 37.8 Å². The Morgan fingerprint density at radius 1 is 1.26 bits per heavy atom. The van der Waals surface area contributed by atoms with Crippen molar-refractivity contribution >= 4 is 17.6 Å². The van der Waals surface area contributed by atoms with Gasteiger partial charge in [-0.15, -0.1) is 0 Å². The number of rotatable bonds is 7. The van der Waals surface area contributed by atoms with E-state index >= 15 is 0 Å². The lowest BCUT2D eigenvalue weighted by atomic mass is 9.81. The van der Waals surface area contributed by atoms with Gasteiger partial charge >= 0.3 is 5.97 Å². The molecule has 0 aliphatic heterocycles. The molecule has 2 rings (SSSR count). The molecule has 1 aromatic rings. The van der Waals surface area contributed by atoms with Crippen molar-refractivity contribution in [3.8, 4) is 5.75 Å². The molecule has 1 fully saturated rings. The van der Waals surface area contributed by atoms with Crippen LogP contribution in [0.15, 0.2) is 24.3 Å². The van der Waals surface area contributed by atoms with Gasteiger partial charge in [0.25, 0.3) is 0 Å². The predicted molar refractivity (Wildman–Crippen MR) is 88.6 cm³/mol. The quantitative estimate of drug-likeness (QED) is 0.751. The minimum atomic E-state index is -0.800. The van der Waals surface area contributed by atoms with E-state index in [2.05, 4.69) is 12.2 Å². The maximum absolute atomic E-state index is 12.5. The van der Waals surface area contributed by atoms with Gasteiger partial charge in [-0.3, -0.25) is 9.59 Å². The molecule has 5 nitrogen and oxygen atoms in total. The molecular weight excluding hydrogens is 294 g/mol. The third-order valence-electron chi connectivity index (χ3n) is 4.29. The summed E-state index contributed by atoms with van der Waals surface area (Å²) in [5.41, 5.74) is 0.658. The van der Waals surface area contributed by atoms with Gasteiger partial charge in [-0.2, -0.15) is 0 Å². The van der Waals surface area contributed by atoms with Gasteiger partial charge in [0.2, 0.25) is 5.91 Å². The minimum Gasteiger partial charge on any atom is -0.491 e. The molecule has 0 heterocycles. The molecule has 0 saturated heterocycles. The largest absolute Gasteiger partial charge is 0.491 e. The highest BCUT2D eigenvalue weighted by Gasteiger charge is 2.31. The predicted octanol–water partition coefficient (Wildman–Crippen LogP) is 3.70. The summed E-state index contributed by atoms with van der Waals surface area (Å²) in [6, 6.07) is 7.38. The number of hydrogen-bond acceptors (Lipinski definition) is 3. The number of unbranched alkanes of at least 4 members (excludes halogenated alkanes) is 1. The molecule has 2 unspecified atom stereocenters. The first kappa shape index (κ1) is 17.3. The molecule has 23 heavy (non-hydrogen) atoms. The molecule has 0 bridgehead atoms. The second-order valence-electron chi connectivity index (χ2n) is 6.09. The molecule has 1 amide bonds. The van der Waals surface area contributed by atoms with E-state index in [1.54, 1.807) is 0 Å². The summed E-state index contributed by atoms with van der Waals surface area (Å²) in [4.78, 5) is 23.6. The van der Waals surface area contributed by atoms with E-state index in [4.69, 9.17) is 9.84 Å². The van der Waals surface area contributed by atoms with E-state index in [1.807, 2.05) is 24.3 Å². The van der Waals surface area contributed by atoms with E-state index in [-0.39, 0.29) is 11.8 Å². The molecule has 2 N–H and O–H groups in total. The van der Waals surface area contributed by atoms with E-state index in [9.17, 15) is 9.59 Å². The second-order valence-corrected chi connectivity index (χ2v) is 6.09. The molecule has 0 aromatic heterocycles. The lowest BCUT2D eigenvalue weighted by Gasteiger charge is -2.26. The van der Waals surface area contributed by atoms with Crippen LogP contribution in [-0.4, -0.2) is 23.6 Å². The first-order valence-electron chi connectivity index (χ1n) is 8.37.